The van der Waals surface area contributed by atoms with Crippen LogP contribution in [0.3, 0.4) is 0 Å². The molecule has 3 N–H and O–H groups in total. The minimum absolute atomic E-state index is 0.261. The number of hydrogen-bond acceptors (Lipinski definition) is 3. The monoisotopic (exact) mass is 215 g/mol. The molecule has 0 saturated heterocycles. The maximum absolute atomic E-state index is 8.36. The second-order valence-corrected chi connectivity index (χ2v) is 4.64. The number of rotatable bonds is 7. The Bertz CT molecular complexity index is 202. The topological polar surface area (TPSA) is 61.8 Å². The SMILES string of the molecule is CCC(C)(C)N(C)CCCCC(N)=NO. The van der Waals surface area contributed by atoms with Crippen molar-refractivity contribution in [3.63, 3.8) is 0 Å². The smallest absolute Gasteiger partial charge is 0.139 e. The Labute approximate surface area is 93.1 Å². The van der Waals surface area contributed by atoms with E-state index in [2.05, 4.69) is 37.9 Å². The minimum Gasteiger partial charge on any atom is -0.409 e. The van der Waals surface area contributed by atoms with Gasteiger partial charge in [-0.05, 0) is 46.7 Å². The van der Waals surface area contributed by atoms with E-state index in [9.17, 15) is 0 Å². The largest absolute Gasteiger partial charge is 0.409 e. The van der Waals surface area contributed by atoms with Crippen LogP contribution in [0.25, 0.3) is 0 Å². The summed E-state index contributed by atoms with van der Waals surface area (Å²) in [5, 5.41) is 11.3. The van der Waals surface area contributed by atoms with Crippen molar-refractivity contribution < 1.29 is 5.21 Å². The van der Waals surface area contributed by atoms with E-state index in [1.807, 2.05) is 0 Å². The highest BCUT2D eigenvalue weighted by Crippen LogP contribution is 2.16. The van der Waals surface area contributed by atoms with Crippen molar-refractivity contribution in [3.05, 3.63) is 0 Å². The van der Waals surface area contributed by atoms with Gasteiger partial charge >= 0.3 is 0 Å². The third kappa shape index (κ3) is 5.62. The molecular weight excluding hydrogens is 190 g/mol. The molecule has 0 aromatic heterocycles. The number of nitrogens with zero attached hydrogens (tertiary/aromatic N) is 2. The van der Waals surface area contributed by atoms with E-state index >= 15 is 0 Å². The van der Waals surface area contributed by atoms with E-state index in [0.717, 1.165) is 25.8 Å². The van der Waals surface area contributed by atoms with Gasteiger partial charge < -0.3 is 15.8 Å². The number of hydrogen-bond donors (Lipinski definition) is 2. The molecular formula is C11H25N3O. The van der Waals surface area contributed by atoms with Crippen molar-refractivity contribution in [1.82, 2.24) is 4.90 Å². The lowest BCUT2D eigenvalue weighted by Crippen LogP contribution is -2.40. The van der Waals surface area contributed by atoms with E-state index in [-0.39, 0.29) is 5.54 Å². The van der Waals surface area contributed by atoms with Crippen molar-refractivity contribution in [1.29, 1.82) is 0 Å². The molecule has 0 saturated carbocycles. The standard InChI is InChI=1S/C11H25N3O/c1-5-11(2,3)14(4)9-7-6-8-10(12)13-15/h15H,5-9H2,1-4H3,(H2,12,13). The molecule has 0 heterocycles. The first-order valence-corrected chi connectivity index (χ1v) is 5.61. The van der Waals surface area contributed by atoms with E-state index in [0.29, 0.717) is 12.3 Å². The Hall–Kier alpha value is -0.770. The normalized spacial score (nSPS) is 13.5. The average molecular weight is 215 g/mol. The van der Waals surface area contributed by atoms with Gasteiger partial charge in [-0.25, -0.2) is 0 Å². The summed E-state index contributed by atoms with van der Waals surface area (Å²) in [6.45, 7) is 7.75. The number of oxime groups is 1. The van der Waals surface area contributed by atoms with Crippen molar-refractivity contribution in [3.8, 4) is 0 Å². The van der Waals surface area contributed by atoms with Crippen LogP contribution in [0.5, 0.6) is 0 Å². The summed E-state index contributed by atoms with van der Waals surface area (Å²) in [6.07, 6.45) is 3.87. The predicted molar refractivity (Wildman–Crippen MR) is 64.3 cm³/mol. The molecule has 0 radical (unpaired) electrons. The Balaban J connectivity index is 3.69. The Kier molecular flexibility index (Phi) is 6.32. The van der Waals surface area contributed by atoms with Gasteiger partial charge in [0.05, 0.1) is 0 Å². The van der Waals surface area contributed by atoms with Crippen LogP contribution in [0.2, 0.25) is 0 Å². The van der Waals surface area contributed by atoms with Gasteiger partial charge in [-0.3, -0.25) is 0 Å². The highest BCUT2D eigenvalue weighted by Gasteiger charge is 2.19. The summed E-state index contributed by atoms with van der Waals surface area (Å²) >= 11 is 0. The Morgan fingerprint density at radius 2 is 2.00 bits per heavy atom. The summed E-state index contributed by atoms with van der Waals surface area (Å²) in [7, 11) is 2.15. The van der Waals surface area contributed by atoms with E-state index in [4.69, 9.17) is 10.9 Å². The zero-order valence-electron chi connectivity index (χ0n) is 10.5. The average Bonchev–Trinajstić information content (AvgIpc) is 2.23. The van der Waals surface area contributed by atoms with Gasteiger partial charge in [-0.1, -0.05) is 12.1 Å². The second kappa shape index (κ2) is 6.67. The van der Waals surface area contributed by atoms with Gasteiger partial charge in [0.2, 0.25) is 0 Å². The molecule has 0 atom stereocenters. The summed E-state index contributed by atoms with van der Waals surface area (Å²) in [6, 6.07) is 0. The molecule has 0 aliphatic carbocycles. The lowest BCUT2D eigenvalue weighted by Gasteiger charge is -2.34. The molecule has 90 valence electrons. The number of nitrogens with two attached hydrogens (primary N) is 1. The molecule has 0 bridgehead atoms. The van der Waals surface area contributed by atoms with Crippen LogP contribution in [0.4, 0.5) is 0 Å². The quantitative estimate of drug-likeness (QED) is 0.224. The van der Waals surface area contributed by atoms with Crippen molar-refractivity contribution >= 4 is 5.84 Å². The third-order valence-corrected chi connectivity index (χ3v) is 3.20. The zero-order valence-corrected chi connectivity index (χ0v) is 10.5. The first-order chi connectivity index (χ1) is 6.94. The van der Waals surface area contributed by atoms with Crippen LogP contribution in [0.15, 0.2) is 5.16 Å². The zero-order chi connectivity index (χ0) is 11.9. The molecule has 4 nitrogen and oxygen atoms in total. The van der Waals surface area contributed by atoms with Crippen LogP contribution in [0, 0.1) is 0 Å². The van der Waals surface area contributed by atoms with Crippen LogP contribution in [0.1, 0.15) is 46.5 Å². The molecule has 0 fully saturated rings. The molecule has 0 aliphatic heterocycles. The second-order valence-electron chi connectivity index (χ2n) is 4.64. The van der Waals surface area contributed by atoms with E-state index < -0.39 is 0 Å². The fraction of sp³-hybridized carbons (Fsp3) is 0.909. The molecule has 4 heteroatoms. The fourth-order valence-corrected chi connectivity index (χ4v) is 1.28. The van der Waals surface area contributed by atoms with Crippen LogP contribution < -0.4 is 5.73 Å². The lowest BCUT2D eigenvalue weighted by molar-refractivity contribution is 0.149. The van der Waals surface area contributed by atoms with Gasteiger partial charge in [0, 0.05) is 12.0 Å². The van der Waals surface area contributed by atoms with E-state index in [1.54, 1.807) is 0 Å². The molecule has 0 unspecified atom stereocenters. The molecule has 0 aromatic rings. The first kappa shape index (κ1) is 14.2. The molecule has 0 aliphatic rings. The fourth-order valence-electron chi connectivity index (χ4n) is 1.28. The van der Waals surface area contributed by atoms with Gasteiger partial charge in [-0.2, -0.15) is 0 Å². The summed E-state index contributed by atoms with van der Waals surface area (Å²) < 4.78 is 0. The highest BCUT2D eigenvalue weighted by molar-refractivity contribution is 5.79. The maximum Gasteiger partial charge on any atom is 0.139 e. The van der Waals surface area contributed by atoms with Gasteiger partial charge in [0.15, 0.2) is 0 Å². The van der Waals surface area contributed by atoms with Crippen LogP contribution in [-0.2, 0) is 0 Å². The molecule has 15 heavy (non-hydrogen) atoms. The highest BCUT2D eigenvalue weighted by atomic mass is 16.4. The van der Waals surface area contributed by atoms with Gasteiger partial charge in [0.1, 0.15) is 5.84 Å². The molecule has 0 aromatic carbocycles. The predicted octanol–water partition coefficient (Wildman–Crippen LogP) is 2.02. The molecule has 0 amide bonds. The van der Waals surface area contributed by atoms with Crippen molar-refractivity contribution in [2.45, 2.75) is 52.0 Å². The Morgan fingerprint density at radius 3 is 2.47 bits per heavy atom. The first-order valence-electron chi connectivity index (χ1n) is 5.61. The third-order valence-electron chi connectivity index (χ3n) is 3.20. The lowest BCUT2D eigenvalue weighted by atomic mass is 9.99. The van der Waals surface area contributed by atoms with Crippen molar-refractivity contribution in [2.24, 2.45) is 10.9 Å². The summed E-state index contributed by atoms with van der Waals surface area (Å²) in [4.78, 5) is 2.36. The number of amidine groups is 1. The summed E-state index contributed by atoms with van der Waals surface area (Å²) in [5.41, 5.74) is 5.65. The van der Waals surface area contributed by atoms with Gasteiger partial charge in [0.25, 0.3) is 0 Å². The molecule has 0 spiro atoms. The minimum atomic E-state index is 0.261. The number of unbranched alkanes of at least 4 members (excludes halogenated alkanes) is 1. The van der Waals surface area contributed by atoms with Crippen LogP contribution in [-0.4, -0.2) is 35.1 Å². The summed E-state index contributed by atoms with van der Waals surface area (Å²) in [5.74, 6) is 0.326. The van der Waals surface area contributed by atoms with Crippen LogP contribution >= 0.6 is 0 Å². The Morgan fingerprint density at radius 1 is 1.40 bits per heavy atom. The molecule has 0 rings (SSSR count). The van der Waals surface area contributed by atoms with Crippen molar-refractivity contribution in [2.75, 3.05) is 13.6 Å². The van der Waals surface area contributed by atoms with E-state index in [1.165, 1.54) is 0 Å². The maximum atomic E-state index is 8.36. The van der Waals surface area contributed by atoms with Gasteiger partial charge in [-0.15, -0.1) is 0 Å².